The third kappa shape index (κ3) is 6.49. The summed E-state index contributed by atoms with van der Waals surface area (Å²) in [5.41, 5.74) is -0.296. The van der Waals surface area contributed by atoms with Gasteiger partial charge in [0.1, 0.15) is 0 Å². The predicted molar refractivity (Wildman–Crippen MR) is 87.3 cm³/mol. The number of halogens is 3. The Balaban J connectivity index is 1.67. The molecule has 10 heteroatoms. The van der Waals surface area contributed by atoms with Gasteiger partial charge in [0, 0.05) is 6.54 Å². The molecule has 3 amide bonds. The molecule has 0 saturated heterocycles. The van der Waals surface area contributed by atoms with Gasteiger partial charge in [-0.2, -0.15) is 13.2 Å². The predicted octanol–water partition coefficient (Wildman–Crippen LogP) is 1.46. The highest BCUT2D eigenvalue weighted by atomic mass is 19.4. The van der Waals surface area contributed by atoms with Crippen LogP contribution in [0.15, 0.2) is 47.1 Å². The molecule has 2 aromatic rings. The van der Waals surface area contributed by atoms with Crippen molar-refractivity contribution < 1.29 is 32.0 Å². The Hall–Kier alpha value is -3.30. The van der Waals surface area contributed by atoms with Gasteiger partial charge in [-0.15, -0.1) is 0 Å². The smallest absolute Gasteiger partial charge is 0.416 e. The van der Waals surface area contributed by atoms with E-state index in [4.69, 9.17) is 4.42 Å². The molecule has 0 radical (unpaired) electrons. The molecule has 0 atom stereocenters. The minimum absolute atomic E-state index is 0.0159. The van der Waals surface area contributed by atoms with Gasteiger partial charge in [-0.05, 0) is 29.8 Å². The fraction of sp³-hybridized carbons (Fsp3) is 0.235. The molecule has 3 N–H and O–H groups in total. The van der Waals surface area contributed by atoms with Gasteiger partial charge in [0.25, 0.3) is 5.91 Å². The fourth-order valence-electron chi connectivity index (χ4n) is 1.97. The molecule has 0 bridgehead atoms. The Kier molecular flexibility index (Phi) is 6.58. The largest absolute Gasteiger partial charge is 0.459 e. The summed E-state index contributed by atoms with van der Waals surface area (Å²) in [6, 6.07) is 7.31. The second-order valence-corrected chi connectivity index (χ2v) is 5.41. The van der Waals surface area contributed by atoms with Crippen LogP contribution < -0.4 is 16.0 Å². The van der Waals surface area contributed by atoms with Crippen LogP contribution in [0.1, 0.15) is 21.7 Å². The summed E-state index contributed by atoms with van der Waals surface area (Å²) in [5.74, 6) is -1.63. The monoisotopic (exact) mass is 383 g/mol. The second-order valence-electron chi connectivity index (χ2n) is 5.41. The molecule has 0 aliphatic carbocycles. The Morgan fingerprint density at radius 2 is 1.52 bits per heavy atom. The van der Waals surface area contributed by atoms with E-state index in [-0.39, 0.29) is 25.4 Å². The summed E-state index contributed by atoms with van der Waals surface area (Å²) >= 11 is 0. The zero-order valence-electron chi connectivity index (χ0n) is 13.9. The molecule has 1 aromatic heterocycles. The first-order valence-corrected chi connectivity index (χ1v) is 7.77. The van der Waals surface area contributed by atoms with Crippen molar-refractivity contribution in [2.45, 2.75) is 12.7 Å². The summed E-state index contributed by atoms with van der Waals surface area (Å²) in [6.07, 6.45) is -3.10. The molecule has 0 saturated carbocycles. The van der Waals surface area contributed by atoms with Gasteiger partial charge in [0.05, 0.1) is 24.9 Å². The lowest BCUT2D eigenvalue weighted by Gasteiger charge is -2.09. The van der Waals surface area contributed by atoms with Crippen molar-refractivity contribution in [3.63, 3.8) is 0 Å². The van der Waals surface area contributed by atoms with Crippen molar-refractivity contribution in [3.05, 3.63) is 59.5 Å². The summed E-state index contributed by atoms with van der Waals surface area (Å²) in [7, 11) is 0. The second kappa shape index (κ2) is 8.88. The molecule has 144 valence electrons. The standard InChI is InChI=1S/C17H16F3N3O4/c18-17(19,20)12-5-3-11(4-6-12)8-21-14(24)9-22-15(25)10-23-16(26)13-2-1-7-27-13/h1-7H,8-10H2,(H,21,24)(H,22,25)(H,23,26). The zero-order valence-corrected chi connectivity index (χ0v) is 13.9. The van der Waals surface area contributed by atoms with Crippen LogP contribution in [0.25, 0.3) is 0 Å². The van der Waals surface area contributed by atoms with Crippen LogP contribution in [-0.2, 0) is 22.3 Å². The van der Waals surface area contributed by atoms with Crippen LogP contribution in [-0.4, -0.2) is 30.8 Å². The first kappa shape index (κ1) is 20.0. The molecule has 27 heavy (non-hydrogen) atoms. The number of carbonyl (C=O) groups is 3. The number of benzene rings is 1. The number of amides is 3. The Bertz CT molecular complexity index is 787. The lowest BCUT2D eigenvalue weighted by atomic mass is 10.1. The highest BCUT2D eigenvalue weighted by Gasteiger charge is 2.29. The van der Waals surface area contributed by atoms with Gasteiger partial charge in [-0.25, -0.2) is 0 Å². The molecular formula is C17H16F3N3O4. The lowest BCUT2D eigenvalue weighted by Crippen LogP contribution is -2.41. The topological polar surface area (TPSA) is 100 Å². The van der Waals surface area contributed by atoms with Crippen LogP contribution >= 0.6 is 0 Å². The third-order valence-corrected chi connectivity index (χ3v) is 3.37. The summed E-state index contributed by atoms with van der Waals surface area (Å²) in [6.45, 7) is -0.663. The minimum atomic E-state index is -4.42. The van der Waals surface area contributed by atoms with Gasteiger partial charge in [0.2, 0.25) is 11.8 Å². The first-order valence-electron chi connectivity index (χ1n) is 7.77. The van der Waals surface area contributed by atoms with Crippen LogP contribution in [0.2, 0.25) is 0 Å². The molecule has 0 spiro atoms. The van der Waals surface area contributed by atoms with Crippen molar-refractivity contribution in [2.75, 3.05) is 13.1 Å². The van der Waals surface area contributed by atoms with Gasteiger partial charge in [-0.3, -0.25) is 14.4 Å². The number of hydrogen-bond acceptors (Lipinski definition) is 4. The van der Waals surface area contributed by atoms with Gasteiger partial charge in [-0.1, -0.05) is 12.1 Å². The highest BCUT2D eigenvalue weighted by molar-refractivity contribution is 5.94. The number of carbonyl (C=O) groups excluding carboxylic acids is 3. The number of hydrogen-bond donors (Lipinski definition) is 3. The van der Waals surface area contributed by atoms with Crippen LogP contribution in [0, 0.1) is 0 Å². The number of alkyl halides is 3. The Labute approximate surface area is 151 Å². The van der Waals surface area contributed by atoms with Gasteiger partial charge >= 0.3 is 6.18 Å². The average Bonchev–Trinajstić information content (AvgIpc) is 3.17. The van der Waals surface area contributed by atoms with Gasteiger partial charge < -0.3 is 20.4 Å². The van der Waals surface area contributed by atoms with Crippen molar-refractivity contribution in [2.24, 2.45) is 0 Å². The zero-order chi connectivity index (χ0) is 19.9. The number of rotatable bonds is 7. The van der Waals surface area contributed by atoms with E-state index in [0.717, 1.165) is 12.1 Å². The van der Waals surface area contributed by atoms with E-state index in [1.807, 2.05) is 0 Å². The van der Waals surface area contributed by atoms with E-state index < -0.39 is 29.5 Å². The average molecular weight is 383 g/mol. The molecule has 0 fully saturated rings. The molecule has 0 unspecified atom stereocenters. The maximum atomic E-state index is 12.5. The summed E-state index contributed by atoms with van der Waals surface area (Å²) in [4.78, 5) is 34.8. The maximum absolute atomic E-state index is 12.5. The molecule has 1 heterocycles. The molecule has 2 rings (SSSR count). The SMILES string of the molecule is O=C(CNC(=O)CNC(=O)c1ccco1)NCc1ccc(C(F)(F)F)cc1. The molecule has 0 aliphatic rings. The van der Waals surface area contributed by atoms with E-state index in [1.165, 1.54) is 30.5 Å². The normalized spacial score (nSPS) is 10.9. The van der Waals surface area contributed by atoms with Crippen molar-refractivity contribution in [3.8, 4) is 0 Å². The molecule has 0 aliphatic heterocycles. The van der Waals surface area contributed by atoms with E-state index in [2.05, 4.69) is 16.0 Å². The molecular weight excluding hydrogens is 367 g/mol. The lowest BCUT2D eigenvalue weighted by molar-refractivity contribution is -0.137. The quantitative estimate of drug-likeness (QED) is 0.674. The third-order valence-electron chi connectivity index (χ3n) is 3.37. The Morgan fingerprint density at radius 1 is 0.889 bits per heavy atom. The molecule has 7 nitrogen and oxygen atoms in total. The van der Waals surface area contributed by atoms with Crippen LogP contribution in [0.5, 0.6) is 0 Å². The van der Waals surface area contributed by atoms with E-state index >= 15 is 0 Å². The minimum Gasteiger partial charge on any atom is -0.459 e. The van der Waals surface area contributed by atoms with Gasteiger partial charge in [0.15, 0.2) is 5.76 Å². The number of furan rings is 1. The van der Waals surface area contributed by atoms with E-state index in [1.54, 1.807) is 0 Å². The Morgan fingerprint density at radius 3 is 2.11 bits per heavy atom. The summed E-state index contributed by atoms with van der Waals surface area (Å²) < 4.78 is 42.2. The number of nitrogens with one attached hydrogen (secondary N) is 3. The van der Waals surface area contributed by atoms with Crippen molar-refractivity contribution in [1.82, 2.24) is 16.0 Å². The van der Waals surface area contributed by atoms with Crippen LogP contribution in [0.4, 0.5) is 13.2 Å². The van der Waals surface area contributed by atoms with Crippen LogP contribution in [0.3, 0.4) is 0 Å². The van der Waals surface area contributed by atoms with Crippen molar-refractivity contribution >= 4 is 17.7 Å². The highest BCUT2D eigenvalue weighted by Crippen LogP contribution is 2.28. The molecule has 1 aromatic carbocycles. The fourth-order valence-corrected chi connectivity index (χ4v) is 1.97. The van der Waals surface area contributed by atoms with Crippen molar-refractivity contribution in [1.29, 1.82) is 0 Å². The summed E-state index contributed by atoms with van der Waals surface area (Å²) in [5, 5.41) is 7.08. The maximum Gasteiger partial charge on any atom is 0.416 e. The van der Waals surface area contributed by atoms with E-state index in [9.17, 15) is 27.6 Å². The first-order chi connectivity index (χ1) is 12.8. The van der Waals surface area contributed by atoms with E-state index in [0.29, 0.717) is 5.56 Å².